The smallest absolute Gasteiger partial charge is 0.337 e. The lowest BCUT2D eigenvalue weighted by Crippen LogP contribution is -2.45. The first-order chi connectivity index (χ1) is 13.5. The molecule has 1 atom stereocenters. The molecule has 0 bridgehead atoms. The summed E-state index contributed by atoms with van der Waals surface area (Å²) in [4.78, 5) is 51.9. The van der Waals surface area contributed by atoms with Crippen LogP contribution in [0, 0.1) is 0 Å². The molecule has 3 rings (SSSR count). The topological polar surface area (TPSA) is 97.1 Å². The van der Waals surface area contributed by atoms with E-state index in [1.807, 2.05) is 0 Å². The van der Waals surface area contributed by atoms with E-state index in [2.05, 4.69) is 11.3 Å². The number of nitrogens with zero attached hydrogens (tertiary/aromatic N) is 2. The molecule has 1 saturated heterocycles. The second kappa shape index (κ2) is 7.91. The van der Waals surface area contributed by atoms with Crippen molar-refractivity contribution >= 4 is 29.4 Å². The van der Waals surface area contributed by atoms with E-state index >= 15 is 0 Å². The second-order valence-corrected chi connectivity index (χ2v) is 6.05. The summed E-state index contributed by atoms with van der Waals surface area (Å²) in [6.07, 6.45) is 2.68. The number of anilines is 1. The monoisotopic (exact) mass is 382 g/mol. The highest BCUT2D eigenvalue weighted by molar-refractivity contribution is 6.23. The first-order valence-corrected chi connectivity index (χ1v) is 8.48. The molecule has 1 aliphatic rings. The fourth-order valence-corrected chi connectivity index (χ4v) is 3.03. The van der Waals surface area contributed by atoms with Crippen molar-refractivity contribution in [2.75, 3.05) is 18.6 Å². The Hall–Kier alpha value is -3.68. The predicted octanol–water partition coefficient (Wildman–Crippen LogP) is 2.03. The van der Waals surface area contributed by atoms with Gasteiger partial charge in [-0.1, -0.05) is 6.08 Å². The van der Waals surface area contributed by atoms with Gasteiger partial charge in [-0.3, -0.25) is 14.4 Å². The standard InChI is InChI=1S/C20H18N2O6/c1-3-10-21(19(25)16-5-4-11-28-16)15-12-17(23)22(18(15)24)14-8-6-13(7-9-14)20(26)27-2/h3-9,11,15H,1,10,12H2,2H3. The summed E-state index contributed by atoms with van der Waals surface area (Å²) in [6, 6.07) is 7.98. The Morgan fingerprint density at radius 2 is 2.00 bits per heavy atom. The van der Waals surface area contributed by atoms with Gasteiger partial charge in [0.2, 0.25) is 5.91 Å². The third-order valence-corrected chi connectivity index (χ3v) is 4.36. The molecule has 1 aliphatic heterocycles. The highest BCUT2D eigenvalue weighted by Crippen LogP contribution is 2.27. The minimum absolute atomic E-state index is 0.0722. The molecule has 0 spiro atoms. The largest absolute Gasteiger partial charge is 0.465 e. The van der Waals surface area contributed by atoms with Crippen LogP contribution in [0.5, 0.6) is 0 Å². The van der Waals surface area contributed by atoms with Crippen molar-refractivity contribution in [3.8, 4) is 0 Å². The molecule has 2 heterocycles. The van der Waals surface area contributed by atoms with E-state index in [-0.39, 0.29) is 18.7 Å². The lowest BCUT2D eigenvalue weighted by Gasteiger charge is -2.25. The third-order valence-electron chi connectivity index (χ3n) is 4.36. The number of carbonyl (C=O) groups excluding carboxylic acids is 4. The molecule has 144 valence electrons. The molecule has 0 radical (unpaired) electrons. The summed E-state index contributed by atoms with van der Waals surface area (Å²) in [7, 11) is 1.26. The Morgan fingerprint density at radius 1 is 1.29 bits per heavy atom. The van der Waals surface area contributed by atoms with Gasteiger partial charge >= 0.3 is 5.97 Å². The van der Waals surface area contributed by atoms with Crippen LogP contribution in [0.4, 0.5) is 5.69 Å². The number of hydrogen-bond acceptors (Lipinski definition) is 6. The molecule has 1 aromatic carbocycles. The van der Waals surface area contributed by atoms with Crippen LogP contribution in [0.3, 0.4) is 0 Å². The molecule has 3 amide bonds. The van der Waals surface area contributed by atoms with Gasteiger partial charge in [-0.15, -0.1) is 6.58 Å². The van der Waals surface area contributed by atoms with Crippen LogP contribution in [-0.2, 0) is 14.3 Å². The SMILES string of the molecule is C=CCN(C(=O)c1ccco1)C1CC(=O)N(c2ccc(C(=O)OC)cc2)C1=O. The third kappa shape index (κ3) is 3.44. The van der Waals surface area contributed by atoms with E-state index in [0.717, 1.165) is 4.90 Å². The number of amides is 3. The van der Waals surface area contributed by atoms with Gasteiger partial charge in [0.05, 0.1) is 31.0 Å². The highest BCUT2D eigenvalue weighted by atomic mass is 16.5. The van der Waals surface area contributed by atoms with Gasteiger partial charge in [-0.25, -0.2) is 9.69 Å². The van der Waals surface area contributed by atoms with E-state index in [4.69, 9.17) is 4.42 Å². The molecule has 0 aliphatic carbocycles. The van der Waals surface area contributed by atoms with Crippen molar-refractivity contribution in [2.24, 2.45) is 0 Å². The van der Waals surface area contributed by atoms with Gasteiger partial charge < -0.3 is 14.1 Å². The van der Waals surface area contributed by atoms with Crippen molar-refractivity contribution in [1.82, 2.24) is 4.90 Å². The van der Waals surface area contributed by atoms with Crippen molar-refractivity contribution in [2.45, 2.75) is 12.5 Å². The zero-order chi connectivity index (χ0) is 20.3. The maximum absolute atomic E-state index is 12.9. The van der Waals surface area contributed by atoms with Gasteiger partial charge in [0.1, 0.15) is 6.04 Å². The van der Waals surface area contributed by atoms with Gasteiger partial charge in [0, 0.05) is 6.54 Å². The zero-order valence-corrected chi connectivity index (χ0v) is 15.2. The van der Waals surface area contributed by atoms with Crippen LogP contribution < -0.4 is 4.90 Å². The van der Waals surface area contributed by atoms with Crippen LogP contribution in [-0.4, -0.2) is 48.3 Å². The van der Waals surface area contributed by atoms with E-state index in [0.29, 0.717) is 11.3 Å². The molecule has 8 nitrogen and oxygen atoms in total. The summed E-state index contributed by atoms with van der Waals surface area (Å²) in [5, 5.41) is 0. The maximum Gasteiger partial charge on any atom is 0.337 e. The van der Waals surface area contributed by atoms with Gasteiger partial charge in [-0.2, -0.15) is 0 Å². The molecule has 8 heteroatoms. The number of carbonyl (C=O) groups is 4. The number of hydrogen-bond donors (Lipinski definition) is 0. The van der Waals surface area contributed by atoms with Crippen molar-refractivity contribution in [1.29, 1.82) is 0 Å². The van der Waals surface area contributed by atoms with E-state index in [9.17, 15) is 19.2 Å². The molecule has 1 aromatic heterocycles. The van der Waals surface area contributed by atoms with Gasteiger partial charge in [-0.05, 0) is 36.4 Å². The van der Waals surface area contributed by atoms with Gasteiger partial charge in [0.25, 0.3) is 11.8 Å². The Balaban J connectivity index is 1.86. The normalized spacial score (nSPS) is 16.2. The molecular formula is C20H18N2O6. The van der Waals surface area contributed by atoms with Crippen molar-refractivity contribution in [3.63, 3.8) is 0 Å². The van der Waals surface area contributed by atoms with E-state index in [1.165, 1.54) is 54.7 Å². The zero-order valence-electron chi connectivity index (χ0n) is 15.2. The van der Waals surface area contributed by atoms with E-state index in [1.54, 1.807) is 6.07 Å². The molecule has 0 saturated carbocycles. The Labute approximate surface area is 161 Å². The average Bonchev–Trinajstić information content (AvgIpc) is 3.33. The highest BCUT2D eigenvalue weighted by Gasteiger charge is 2.44. The molecule has 2 aromatic rings. The molecular weight excluding hydrogens is 364 g/mol. The predicted molar refractivity (Wildman–Crippen MR) is 98.6 cm³/mol. The Bertz CT molecular complexity index is 917. The summed E-state index contributed by atoms with van der Waals surface area (Å²) >= 11 is 0. The Morgan fingerprint density at radius 3 is 2.57 bits per heavy atom. The summed E-state index contributed by atoms with van der Waals surface area (Å²) in [5.74, 6) is -1.92. The van der Waals surface area contributed by atoms with E-state index < -0.39 is 29.7 Å². The van der Waals surface area contributed by atoms with Crippen LogP contribution in [0.25, 0.3) is 0 Å². The Kier molecular flexibility index (Phi) is 5.39. The van der Waals surface area contributed by atoms with Crippen LogP contribution in [0.15, 0.2) is 59.7 Å². The van der Waals surface area contributed by atoms with Gasteiger partial charge in [0.15, 0.2) is 5.76 Å². The minimum atomic E-state index is -0.969. The summed E-state index contributed by atoms with van der Waals surface area (Å²) in [6.45, 7) is 3.69. The number of imide groups is 1. The number of rotatable bonds is 6. The molecule has 1 fully saturated rings. The lowest BCUT2D eigenvalue weighted by atomic mass is 10.2. The second-order valence-electron chi connectivity index (χ2n) is 6.05. The van der Waals surface area contributed by atoms with Crippen LogP contribution in [0.1, 0.15) is 27.3 Å². The quantitative estimate of drug-likeness (QED) is 0.431. The molecule has 28 heavy (non-hydrogen) atoms. The number of furan rings is 1. The number of benzene rings is 1. The minimum Gasteiger partial charge on any atom is -0.465 e. The molecule has 1 unspecified atom stereocenters. The maximum atomic E-state index is 12.9. The van der Waals surface area contributed by atoms with Crippen molar-refractivity contribution < 1.29 is 28.3 Å². The first-order valence-electron chi connectivity index (χ1n) is 8.48. The molecule has 0 N–H and O–H groups in total. The fraction of sp³-hybridized carbons (Fsp3) is 0.200. The van der Waals surface area contributed by atoms with Crippen molar-refractivity contribution in [3.05, 3.63) is 66.6 Å². The average molecular weight is 382 g/mol. The fourth-order valence-electron chi connectivity index (χ4n) is 3.03. The number of methoxy groups -OCH3 is 1. The summed E-state index contributed by atoms with van der Waals surface area (Å²) < 4.78 is 9.75. The number of ether oxygens (including phenoxy) is 1. The van der Waals surface area contributed by atoms with Crippen LogP contribution >= 0.6 is 0 Å². The lowest BCUT2D eigenvalue weighted by molar-refractivity contribution is -0.122. The first kappa shape index (κ1) is 19.1. The van der Waals surface area contributed by atoms with Crippen LogP contribution in [0.2, 0.25) is 0 Å². The number of esters is 1. The summed E-state index contributed by atoms with van der Waals surface area (Å²) in [5.41, 5.74) is 0.609.